The van der Waals surface area contributed by atoms with E-state index in [4.69, 9.17) is 0 Å². The zero-order valence-electron chi connectivity index (χ0n) is 15.1. The van der Waals surface area contributed by atoms with Gasteiger partial charge in [-0.15, -0.1) is 0 Å². The minimum Gasteiger partial charge on any atom is -0.392 e. The largest absolute Gasteiger partial charge is 0.392 e. The number of aromatic nitrogens is 2. The Balaban J connectivity index is 1.84. The number of hydrogen-bond donors (Lipinski definition) is 3. The maximum Gasteiger partial charge on any atom is 0.244 e. The molecule has 0 fully saturated rings. The summed E-state index contributed by atoms with van der Waals surface area (Å²) in [6.45, 7) is 4.27. The van der Waals surface area contributed by atoms with Gasteiger partial charge in [-0.2, -0.15) is 0 Å². The molecule has 3 rings (SSSR count). The lowest BCUT2D eigenvalue weighted by molar-refractivity contribution is -0.116. The quantitative estimate of drug-likeness (QED) is 0.611. The molecule has 0 saturated carbocycles. The van der Waals surface area contributed by atoms with Crippen LogP contribution in [0.15, 0.2) is 48.5 Å². The summed E-state index contributed by atoms with van der Waals surface area (Å²) in [6.07, 6.45) is 0.347. The fourth-order valence-electron chi connectivity index (χ4n) is 2.89. The van der Waals surface area contributed by atoms with Crippen molar-refractivity contribution in [3.05, 3.63) is 54.1 Å². The van der Waals surface area contributed by atoms with Crippen LogP contribution in [0.1, 0.15) is 19.4 Å². The van der Waals surface area contributed by atoms with Gasteiger partial charge in [-0.3, -0.25) is 4.79 Å². The van der Waals surface area contributed by atoms with Crippen molar-refractivity contribution in [2.24, 2.45) is 0 Å². The minimum absolute atomic E-state index is 0.117. The number of carbonyl (C=O) groups is 1. The fraction of sp³-hybridized carbons (Fsp3) is 0.300. The van der Waals surface area contributed by atoms with E-state index in [0.717, 1.165) is 28.7 Å². The van der Waals surface area contributed by atoms with E-state index in [1.165, 1.54) is 0 Å². The zero-order chi connectivity index (χ0) is 18.5. The van der Waals surface area contributed by atoms with Crippen molar-refractivity contribution in [3.8, 4) is 0 Å². The third kappa shape index (κ3) is 4.03. The van der Waals surface area contributed by atoms with Crippen LogP contribution in [0.5, 0.6) is 0 Å². The molecule has 0 aliphatic carbocycles. The normalized spacial score (nSPS) is 12.1. The molecule has 1 aromatic heterocycles. The van der Waals surface area contributed by atoms with E-state index in [1.807, 2.05) is 53.1 Å². The van der Waals surface area contributed by atoms with Gasteiger partial charge in [0.2, 0.25) is 11.9 Å². The lowest BCUT2D eigenvalue weighted by Gasteiger charge is -2.13. The van der Waals surface area contributed by atoms with Gasteiger partial charge in [-0.1, -0.05) is 37.3 Å². The smallest absolute Gasteiger partial charge is 0.244 e. The van der Waals surface area contributed by atoms with Crippen molar-refractivity contribution in [2.75, 3.05) is 17.2 Å². The summed E-state index contributed by atoms with van der Waals surface area (Å²) < 4.78 is 1.83. The van der Waals surface area contributed by atoms with Gasteiger partial charge >= 0.3 is 0 Å². The van der Waals surface area contributed by atoms with E-state index >= 15 is 0 Å². The number of para-hydroxylation sites is 3. The van der Waals surface area contributed by atoms with Crippen molar-refractivity contribution in [3.63, 3.8) is 0 Å². The second kappa shape index (κ2) is 8.01. The third-order valence-corrected chi connectivity index (χ3v) is 4.18. The molecule has 1 heterocycles. The number of benzene rings is 2. The standard InChI is InChI=1S/C20H24N4O2/c1-3-15-8-4-5-9-16(15)22-19(26)13-24-18-11-7-6-10-17(18)23-20(24)21-12-14(2)25/h4-11,14,25H,3,12-13H2,1-2H3,(H,21,23)(H,22,26). The number of hydrogen-bond acceptors (Lipinski definition) is 4. The Hall–Kier alpha value is -2.86. The Kier molecular flexibility index (Phi) is 5.53. The Morgan fingerprint density at radius 3 is 2.69 bits per heavy atom. The van der Waals surface area contributed by atoms with Crippen LogP contribution >= 0.6 is 0 Å². The van der Waals surface area contributed by atoms with Crippen molar-refractivity contribution >= 4 is 28.6 Å². The molecule has 0 aliphatic heterocycles. The number of aryl methyl sites for hydroxylation is 1. The van der Waals surface area contributed by atoms with Crippen LogP contribution in [-0.2, 0) is 17.8 Å². The lowest BCUT2D eigenvalue weighted by Crippen LogP contribution is -2.23. The molecule has 3 N–H and O–H groups in total. The number of anilines is 2. The lowest BCUT2D eigenvalue weighted by atomic mass is 10.1. The molecule has 2 aromatic carbocycles. The molecule has 26 heavy (non-hydrogen) atoms. The van der Waals surface area contributed by atoms with Gasteiger partial charge in [0.05, 0.1) is 17.1 Å². The summed E-state index contributed by atoms with van der Waals surface area (Å²) in [4.78, 5) is 17.2. The first-order valence-corrected chi connectivity index (χ1v) is 8.83. The van der Waals surface area contributed by atoms with Gasteiger partial charge in [0, 0.05) is 12.2 Å². The predicted octanol–water partition coefficient (Wildman–Crippen LogP) is 3.03. The number of fused-ring (bicyclic) bond motifs is 1. The summed E-state index contributed by atoms with van der Waals surface area (Å²) in [5.74, 6) is 0.458. The number of aliphatic hydroxyl groups is 1. The Labute approximate surface area is 152 Å². The molecule has 1 amide bonds. The maximum absolute atomic E-state index is 12.6. The van der Waals surface area contributed by atoms with Crippen molar-refractivity contribution < 1.29 is 9.90 Å². The summed E-state index contributed by atoms with van der Waals surface area (Å²) in [6, 6.07) is 15.5. The van der Waals surface area contributed by atoms with Crippen LogP contribution < -0.4 is 10.6 Å². The molecule has 0 aliphatic rings. The highest BCUT2D eigenvalue weighted by molar-refractivity contribution is 5.93. The molecule has 1 unspecified atom stereocenters. The molecule has 6 heteroatoms. The fourth-order valence-corrected chi connectivity index (χ4v) is 2.89. The van der Waals surface area contributed by atoms with E-state index in [-0.39, 0.29) is 12.5 Å². The number of carbonyl (C=O) groups excluding carboxylic acids is 1. The van der Waals surface area contributed by atoms with Crippen LogP contribution in [0.3, 0.4) is 0 Å². The zero-order valence-corrected chi connectivity index (χ0v) is 15.1. The summed E-state index contributed by atoms with van der Waals surface area (Å²) >= 11 is 0. The molecule has 0 radical (unpaired) electrons. The Morgan fingerprint density at radius 2 is 1.92 bits per heavy atom. The second-order valence-corrected chi connectivity index (χ2v) is 6.30. The molecular weight excluding hydrogens is 328 g/mol. The van der Waals surface area contributed by atoms with Gasteiger partial charge in [-0.05, 0) is 37.1 Å². The van der Waals surface area contributed by atoms with Crippen LogP contribution in [0, 0.1) is 0 Å². The number of imidazole rings is 1. The number of aliphatic hydroxyl groups excluding tert-OH is 1. The first-order valence-electron chi connectivity index (χ1n) is 8.83. The average molecular weight is 352 g/mol. The van der Waals surface area contributed by atoms with Crippen LogP contribution in [0.25, 0.3) is 11.0 Å². The van der Waals surface area contributed by atoms with E-state index in [9.17, 15) is 9.90 Å². The molecule has 6 nitrogen and oxygen atoms in total. The molecule has 0 bridgehead atoms. The first-order chi connectivity index (χ1) is 12.6. The molecular formula is C20H24N4O2. The molecule has 0 spiro atoms. The van der Waals surface area contributed by atoms with Crippen LogP contribution in [0.2, 0.25) is 0 Å². The van der Waals surface area contributed by atoms with Gasteiger partial charge in [0.15, 0.2) is 0 Å². The Bertz CT molecular complexity index is 902. The second-order valence-electron chi connectivity index (χ2n) is 6.30. The molecule has 1 atom stereocenters. The van der Waals surface area contributed by atoms with Gasteiger partial charge in [0.25, 0.3) is 0 Å². The van der Waals surface area contributed by atoms with E-state index in [2.05, 4.69) is 22.5 Å². The number of nitrogens with zero attached hydrogens (tertiary/aromatic N) is 2. The van der Waals surface area contributed by atoms with Gasteiger partial charge < -0.3 is 20.3 Å². The van der Waals surface area contributed by atoms with E-state index in [0.29, 0.717) is 12.5 Å². The maximum atomic E-state index is 12.6. The van der Waals surface area contributed by atoms with Crippen LogP contribution in [0.4, 0.5) is 11.6 Å². The summed E-state index contributed by atoms with van der Waals surface area (Å²) in [5, 5.41) is 15.6. The van der Waals surface area contributed by atoms with Gasteiger partial charge in [0.1, 0.15) is 6.54 Å². The Morgan fingerprint density at radius 1 is 1.19 bits per heavy atom. The van der Waals surface area contributed by atoms with Crippen molar-refractivity contribution in [1.29, 1.82) is 0 Å². The SMILES string of the molecule is CCc1ccccc1NC(=O)Cn1c(NCC(C)O)nc2ccccc21. The highest BCUT2D eigenvalue weighted by atomic mass is 16.3. The number of nitrogens with one attached hydrogen (secondary N) is 2. The topological polar surface area (TPSA) is 79.2 Å². The molecule has 136 valence electrons. The number of amides is 1. The van der Waals surface area contributed by atoms with E-state index < -0.39 is 6.10 Å². The molecule has 3 aromatic rings. The minimum atomic E-state index is -0.506. The average Bonchev–Trinajstić information content (AvgIpc) is 2.98. The summed E-state index contributed by atoms with van der Waals surface area (Å²) in [5.41, 5.74) is 3.62. The molecule has 0 saturated heterocycles. The van der Waals surface area contributed by atoms with Crippen molar-refractivity contribution in [2.45, 2.75) is 32.9 Å². The van der Waals surface area contributed by atoms with Crippen LogP contribution in [-0.4, -0.2) is 33.2 Å². The number of rotatable bonds is 7. The monoisotopic (exact) mass is 352 g/mol. The first kappa shape index (κ1) is 17.9. The highest BCUT2D eigenvalue weighted by Gasteiger charge is 2.14. The third-order valence-electron chi connectivity index (χ3n) is 4.18. The summed E-state index contributed by atoms with van der Waals surface area (Å²) in [7, 11) is 0. The highest BCUT2D eigenvalue weighted by Crippen LogP contribution is 2.20. The van der Waals surface area contributed by atoms with E-state index in [1.54, 1.807) is 6.92 Å². The van der Waals surface area contributed by atoms with Gasteiger partial charge in [-0.25, -0.2) is 4.98 Å². The van der Waals surface area contributed by atoms with Crippen molar-refractivity contribution in [1.82, 2.24) is 9.55 Å². The predicted molar refractivity (Wildman–Crippen MR) is 104 cm³/mol.